The third kappa shape index (κ3) is 4.25. The van der Waals surface area contributed by atoms with E-state index < -0.39 is 5.54 Å². The summed E-state index contributed by atoms with van der Waals surface area (Å²) < 4.78 is 0. The van der Waals surface area contributed by atoms with E-state index in [2.05, 4.69) is 24.8 Å². The number of rotatable bonds is 5. The van der Waals surface area contributed by atoms with Crippen molar-refractivity contribution in [2.24, 2.45) is 5.73 Å². The van der Waals surface area contributed by atoms with E-state index in [0.717, 1.165) is 49.6 Å². The molecule has 2 rings (SSSR count). The minimum absolute atomic E-state index is 0.0735. The minimum atomic E-state index is -0.745. The van der Waals surface area contributed by atoms with Crippen molar-refractivity contribution in [3.63, 3.8) is 0 Å². The van der Waals surface area contributed by atoms with Crippen LogP contribution in [-0.2, 0) is 4.79 Å². The van der Waals surface area contributed by atoms with E-state index >= 15 is 0 Å². The number of nitrogens with two attached hydrogens (primary N) is 1. The standard InChI is InChI=1S/C18H28ClN3O/c1-4-9-18(3,20)17(23)22-12-10-21(11-13-22)14(2)15-7-5-6-8-16(15)19/h5-8,14H,4,9-13,20H2,1-3H3. The molecule has 23 heavy (non-hydrogen) atoms. The molecule has 2 N–H and O–H groups in total. The Bertz CT molecular complexity index is 539. The van der Waals surface area contributed by atoms with Crippen molar-refractivity contribution in [2.45, 2.75) is 45.2 Å². The van der Waals surface area contributed by atoms with Gasteiger partial charge in [-0.2, -0.15) is 0 Å². The van der Waals surface area contributed by atoms with Gasteiger partial charge in [-0.15, -0.1) is 0 Å². The molecule has 0 spiro atoms. The monoisotopic (exact) mass is 337 g/mol. The van der Waals surface area contributed by atoms with Crippen LogP contribution in [0.4, 0.5) is 0 Å². The number of carbonyl (C=O) groups is 1. The summed E-state index contributed by atoms with van der Waals surface area (Å²) in [7, 11) is 0. The summed E-state index contributed by atoms with van der Waals surface area (Å²) in [5.74, 6) is 0.0735. The number of carbonyl (C=O) groups excluding carboxylic acids is 1. The summed E-state index contributed by atoms with van der Waals surface area (Å²) in [6.45, 7) is 9.22. The molecule has 0 saturated carbocycles. The third-order valence-corrected chi connectivity index (χ3v) is 5.11. The van der Waals surface area contributed by atoms with Crippen LogP contribution in [0.3, 0.4) is 0 Å². The van der Waals surface area contributed by atoms with Crippen LogP contribution < -0.4 is 5.73 Å². The zero-order chi connectivity index (χ0) is 17.0. The van der Waals surface area contributed by atoms with Gasteiger partial charge >= 0.3 is 0 Å². The molecule has 2 atom stereocenters. The second-order valence-electron chi connectivity index (χ2n) is 6.69. The SMILES string of the molecule is CCCC(C)(N)C(=O)N1CCN(C(C)c2ccccc2Cl)CC1. The van der Waals surface area contributed by atoms with Crippen LogP contribution in [0.25, 0.3) is 0 Å². The number of hydrogen-bond donors (Lipinski definition) is 1. The Kier molecular flexibility index (Phi) is 6.06. The van der Waals surface area contributed by atoms with E-state index in [1.54, 1.807) is 0 Å². The second kappa shape index (κ2) is 7.65. The van der Waals surface area contributed by atoms with Crippen molar-refractivity contribution >= 4 is 17.5 Å². The van der Waals surface area contributed by atoms with Gasteiger partial charge in [0.25, 0.3) is 0 Å². The zero-order valence-corrected chi connectivity index (χ0v) is 15.1. The first-order chi connectivity index (χ1) is 10.9. The molecular weight excluding hydrogens is 310 g/mol. The van der Waals surface area contributed by atoms with Crippen LogP contribution >= 0.6 is 11.6 Å². The maximum atomic E-state index is 12.6. The van der Waals surface area contributed by atoms with Crippen molar-refractivity contribution in [3.8, 4) is 0 Å². The first-order valence-corrected chi connectivity index (χ1v) is 8.81. The number of amides is 1. The highest BCUT2D eigenvalue weighted by Crippen LogP contribution is 2.28. The van der Waals surface area contributed by atoms with Gasteiger partial charge < -0.3 is 10.6 Å². The molecule has 1 amide bonds. The van der Waals surface area contributed by atoms with Crippen molar-refractivity contribution in [1.82, 2.24) is 9.80 Å². The first kappa shape index (κ1) is 18.2. The fourth-order valence-corrected chi connectivity index (χ4v) is 3.60. The summed E-state index contributed by atoms with van der Waals surface area (Å²) in [5.41, 5.74) is 6.58. The Morgan fingerprint density at radius 3 is 2.48 bits per heavy atom. The van der Waals surface area contributed by atoms with Gasteiger partial charge in [0.15, 0.2) is 0 Å². The molecule has 128 valence electrons. The largest absolute Gasteiger partial charge is 0.339 e. The molecule has 0 aromatic heterocycles. The van der Waals surface area contributed by atoms with Crippen molar-refractivity contribution in [3.05, 3.63) is 34.9 Å². The predicted octanol–water partition coefficient (Wildman–Crippen LogP) is 3.06. The fourth-order valence-electron chi connectivity index (χ4n) is 3.31. The topological polar surface area (TPSA) is 49.6 Å². The van der Waals surface area contributed by atoms with E-state index in [9.17, 15) is 4.79 Å². The van der Waals surface area contributed by atoms with Gasteiger partial charge in [0.2, 0.25) is 5.91 Å². The summed E-state index contributed by atoms with van der Waals surface area (Å²) in [4.78, 5) is 16.9. The molecule has 1 fully saturated rings. The minimum Gasteiger partial charge on any atom is -0.339 e. The molecule has 1 aromatic carbocycles. The smallest absolute Gasteiger partial charge is 0.242 e. The molecule has 1 heterocycles. The van der Waals surface area contributed by atoms with Crippen LogP contribution in [0.2, 0.25) is 5.02 Å². The summed E-state index contributed by atoms with van der Waals surface area (Å²) in [5, 5.41) is 0.802. The van der Waals surface area contributed by atoms with E-state index in [1.165, 1.54) is 0 Å². The Morgan fingerprint density at radius 2 is 1.91 bits per heavy atom. The van der Waals surface area contributed by atoms with E-state index in [1.807, 2.05) is 30.0 Å². The maximum Gasteiger partial charge on any atom is 0.242 e. The Balaban J connectivity index is 1.96. The lowest BCUT2D eigenvalue weighted by Crippen LogP contribution is -2.58. The average Bonchev–Trinajstić information content (AvgIpc) is 2.54. The van der Waals surface area contributed by atoms with E-state index in [-0.39, 0.29) is 11.9 Å². The van der Waals surface area contributed by atoms with E-state index in [0.29, 0.717) is 0 Å². The summed E-state index contributed by atoms with van der Waals surface area (Å²) in [6, 6.07) is 8.22. The lowest BCUT2D eigenvalue weighted by Gasteiger charge is -2.41. The van der Waals surface area contributed by atoms with Crippen LogP contribution in [0.15, 0.2) is 24.3 Å². The Hall–Kier alpha value is -1.10. The Morgan fingerprint density at radius 1 is 1.30 bits per heavy atom. The number of hydrogen-bond acceptors (Lipinski definition) is 3. The molecule has 0 radical (unpaired) electrons. The van der Waals surface area contributed by atoms with Gasteiger partial charge in [0.05, 0.1) is 5.54 Å². The van der Waals surface area contributed by atoms with Crippen molar-refractivity contribution < 1.29 is 4.79 Å². The quantitative estimate of drug-likeness (QED) is 0.898. The maximum absolute atomic E-state index is 12.6. The highest BCUT2D eigenvalue weighted by atomic mass is 35.5. The molecule has 1 saturated heterocycles. The van der Waals surface area contributed by atoms with Gasteiger partial charge in [-0.3, -0.25) is 9.69 Å². The molecule has 4 nitrogen and oxygen atoms in total. The highest BCUT2D eigenvalue weighted by molar-refractivity contribution is 6.31. The molecule has 1 aliphatic rings. The molecule has 1 aromatic rings. The molecular formula is C18H28ClN3O. The highest BCUT2D eigenvalue weighted by Gasteiger charge is 2.34. The number of nitrogens with zero attached hydrogens (tertiary/aromatic N) is 2. The molecule has 1 aliphatic heterocycles. The fraction of sp³-hybridized carbons (Fsp3) is 0.611. The number of halogens is 1. The lowest BCUT2D eigenvalue weighted by atomic mass is 9.95. The normalized spacial score (nSPS) is 20.1. The van der Waals surface area contributed by atoms with Gasteiger partial charge in [-0.05, 0) is 31.9 Å². The predicted molar refractivity (Wildman–Crippen MR) is 95.5 cm³/mol. The summed E-state index contributed by atoms with van der Waals surface area (Å²) >= 11 is 6.30. The van der Waals surface area contributed by atoms with Gasteiger partial charge in [0.1, 0.15) is 0 Å². The molecule has 0 bridgehead atoms. The Labute approximate surface area is 144 Å². The van der Waals surface area contributed by atoms with Crippen LogP contribution in [0.5, 0.6) is 0 Å². The molecule has 0 aliphatic carbocycles. The number of benzene rings is 1. The van der Waals surface area contributed by atoms with Crippen molar-refractivity contribution in [2.75, 3.05) is 26.2 Å². The van der Waals surface area contributed by atoms with Gasteiger partial charge in [-0.1, -0.05) is 43.1 Å². The van der Waals surface area contributed by atoms with Gasteiger partial charge in [-0.25, -0.2) is 0 Å². The average molecular weight is 338 g/mol. The van der Waals surface area contributed by atoms with Crippen molar-refractivity contribution in [1.29, 1.82) is 0 Å². The van der Waals surface area contributed by atoms with Crippen LogP contribution in [0, 0.1) is 0 Å². The molecule has 5 heteroatoms. The zero-order valence-electron chi connectivity index (χ0n) is 14.4. The first-order valence-electron chi connectivity index (χ1n) is 8.43. The lowest BCUT2D eigenvalue weighted by molar-refractivity contribution is -0.138. The summed E-state index contributed by atoms with van der Waals surface area (Å²) in [6.07, 6.45) is 1.64. The van der Waals surface area contributed by atoms with Crippen LogP contribution in [-0.4, -0.2) is 47.4 Å². The molecule has 2 unspecified atom stereocenters. The van der Waals surface area contributed by atoms with Gasteiger partial charge in [0, 0.05) is 37.2 Å². The van der Waals surface area contributed by atoms with E-state index in [4.69, 9.17) is 17.3 Å². The third-order valence-electron chi connectivity index (χ3n) is 4.76. The number of piperazine rings is 1. The van der Waals surface area contributed by atoms with Crippen LogP contribution in [0.1, 0.15) is 45.2 Å². The second-order valence-corrected chi connectivity index (χ2v) is 7.10.